The highest BCUT2D eigenvalue weighted by atomic mass is 15.3. The Hall–Kier alpha value is -1.49. The summed E-state index contributed by atoms with van der Waals surface area (Å²) in [6.45, 7) is 3.13. The van der Waals surface area contributed by atoms with Gasteiger partial charge in [0, 0.05) is 24.2 Å². The molecule has 3 rings (SSSR count). The lowest BCUT2D eigenvalue weighted by Gasteiger charge is -2.22. The molecule has 96 valence electrons. The van der Waals surface area contributed by atoms with Crippen LogP contribution in [0.2, 0.25) is 0 Å². The molecule has 2 aromatic rings. The molecule has 1 unspecified atom stereocenters. The maximum absolute atomic E-state index is 4.30. The normalized spacial score (nSPS) is 20.4. The summed E-state index contributed by atoms with van der Waals surface area (Å²) in [7, 11) is 0. The molecule has 0 amide bonds. The first-order valence-electron chi connectivity index (χ1n) is 6.72. The fraction of sp³-hybridized carbons (Fsp3) is 0.615. The number of nitrogens with one attached hydrogen (secondary N) is 1. The van der Waals surface area contributed by atoms with Gasteiger partial charge < -0.3 is 5.32 Å². The Balaban J connectivity index is 1.70. The molecular weight excluding hydrogens is 226 g/mol. The third kappa shape index (κ3) is 2.36. The van der Waals surface area contributed by atoms with Gasteiger partial charge >= 0.3 is 0 Å². The molecule has 0 spiro atoms. The highest BCUT2D eigenvalue weighted by Gasteiger charge is 2.14. The van der Waals surface area contributed by atoms with E-state index < -0.39 is 0 Å². The Labute approximate surface area is 107 Å². The van der Waals surface area contributed by atoms with Gasteiger partial charge in [0.05, 0.1) is 0 Å². The van der Waals surface area contributed by atoms with Gasteiger partial charge in [-0.15, -0.1) is 10.2 Å². The minimum Gasteiger partial charge on any atom is -0.314 e. The van der Waals surface area contributed by atoms with Crippen LogP contribution in [0.1, 0.15) is 37.2 Å². The number of rotatable bonds is 3. The van der Waals surface area contributed by atoms with Gasteiger partial charge in [0.25, 0.3) is 0 Å². The number of aryl methyl sites for hydroxylation is 2. The topological polar surface area (TPSA) is 55.1 Å². The lowest BCUT2D eigenvalue weighted by Crippen LogP contribution is -2.34. The fourth-order valence-corrected chi connectivity index (χ4v) is 2.58. The molecule has 18 heavy (non-hydrogen) atoms. The van der Waals surface area contributed by atoms with Crippen LogP contribution in [0.5, 0.6) is 0 Å². The molecule has 3 heterocycles. The predicted molar refractivity (Wildman–Crippen MR) is 69.5 cm³/mol. The van der Waals surface area contributed by atoms with E-state index in [4.69, 9.17) is 0 Å². The van der Waals surface area contributed by atoms with E-state index in [9.17, 15) is 0 Å². The molecule has 1 aliphatic rings. The molecule has 1 atom stereocenters. The molecule has 5 nitrogen and oxygen atoms in total. The monoisotopic (exact) mass is 245 g/mol. The predicted octanol–water partition coefficient (Wildman–Crippen LogP) is 1.51. The maximum atomic E-state index is 4.30. The number of aromatic nitrogens is 4. The van der Waals surface area contributed by atoms with Crippen molar-refractivity contribution in [3.63, 3.8) is 0 Å². The molecule has 0 radical (unpaired) electrons. The third-order valence-electron chi connectivity index (χ3n) is 3.64. The van der Waals surface area contributed by atoms with Crippen molar-refractivity contribution in [2.45, 2.75) is 45.1 Å². The van der Waals surface area contributed by atoms with E-state index in [1.54, 1.807) is 0 Å². The number of piperidine rings is 1. The van der Waals surface area contributed by atoms with Crippen LogP contribution in [0.3, 0.4) is 0 Å². The van der Waals surface area contributed by atoms with Crippen molar-refractivity contribution in [3.8, 4) is 0 Å². The van der Waals surface area contributed by atoms with E-state index in [0.717, 1.165) is 36.6 Å². The van der Waals surface area contributed by atoms with Gasteiger partial charge in [0.15, 0.2) is 5.65 Å². The van der Waals surface area contributed by atoms with Crippen molar-refractivity contribution in [2.75, 3.05) is 6.54 Å². The van der Waals surface area contributed by atoms with Crippen molar-refractivity contribution in [1.29, 1.82) is 0 Å². The molecule has 1 saturated heterocycles. The van der Waals surface area contributed by atoms with Crippen LogP contribution in [0.4, 0.5) is 0 Å². The zero-order chi connectivity index (χ0) is 12.4. The molecular formula is C13H19N5. The highest BCUT2D eigenvalue weighted by molar-refractivity contribution is 5.37. The summed E-state index contributed by atoms with van der Waals surface area (Å²) in [5.74, 6) is 1.02. The van der Waals surface area contributed by atoms with Gasteiger partial charge in [0.1, 0.15) is 12.2 Å². The second-order valence-electron chi connectivity index (χ2n) is 5.06. The minimum absolute atomic E-state index is 0.643. The second-order valence-corrected chi connectivity index (χ2v) is 5.06. The average molecular weight is 245 g/mol. The molecule has 2 aromatic heterocycles. The van der Waals surface area contributed by atoms with Crippen molar-refractivity contribution >= 4 is 5.65 Å². The number of hydrogen-bond donors (Lipinski definition) is 1. The smallest absolute Gasteiger partial charge is 0.163 e. The van der Waals surface area contributed by atoms with E-state index in [2.05, 4.69) is 20.5 Å². The van der Waals surface area contributed by atoms with Crippen molar-refractivity contribution in [3.05, 3.63) is 23.9 Å². The molecule has 5 heteroatoms. The SMILES string of the molecule is Cc1cc2nnc(CCC3CCCCN3)n2cn1. The van der Waals surface area contributed by atoms with Crippen molar-refractivity contribution < 1.29 is 0 Å². The van der Waals surface area contributed by atoms with Gasteiger partial charge in [-0.25, -0.2) is 4.98 Å². The van der Waals surface area contributed by atoms with Crippen LogP contribution < -0.4 is 5.32 Å². The average Bonchev–Trinajstić information content (AvgIpc) is 2.80. The van der Waals surface area contributed by atoms with Crippen molar-refractivity contribution in [1.82, 2.24) is 24.9 Å². The lowest BCUT2D eigenvalue weighted by molar-refractivity contribution is 0.380. The summed E-state index contributed by atoms with van der Waals surface area (Å²) in [5, 5.41) is 12.0. The van der Waals surface area contributed by atoms with Crippen LogP contribution in [0.15, 0.2) is 12.4 Å². The largest absolute Gasteiger partial charge is 0.314 e. The summed E-state index contributed by atoms with van der Waals surface area (Å²) < 4.78 is 2.00. The van der Waals surface area contributed by atoms with E-state index in [-0.39, 0.29) is 0 Å². The first kappa shape index (κ1) is 11.6. The lowest BCUT2D eigenvalue weighted by atomic mass is 10.0. The summed E-state index contributed by atoms with van der Waals surface area (Å²) in [6, 6.07) is 2.61. The molecule has 1 N–H and O–H groups in total. The third-order valence-corrected chi connectivity index (χ3v) is 3.64. The van der Waals surface area contributed by atoms with Crippen molar-refractivity contribution in [2.24, 2.45) is 0 Å². The van der Waals surface area contributed by atoms with Gasteiger partial charge in [-0.2, -0.15) is 0 Å². The van der Waals surface area contributed by atoms with Gasteiger partial charge in [-0.1, -0.05) is 6.42 Å². The molecule has 1 fully saturated rings. The molecule has 1 aliphatic heterocycles. The van der Waals surface area contributed by atoms with Crippen LogP contribution in [0, 0.1) is 6.92 Å². The van der Waals surface area contributed by atoms with Crippen LogP contribution >= 0.6 is 0 Å². The Kier molecular flexibility index (Phi) is 3.23. The summed E-state index contributed by atoms with van der Waals surface area (Å²) >= 11 is 0. The highest BCUT2D eigenvalue weighted by Crippen LogP contribution is 2.13. The van der Waals surface area contributed by atoms with Crippen LogP contribution in [-0.2, 0) is 6.42 Å². The zero-order valence-corrected chi connectivity index (χ0v) is 10.8. The molecule has 0 bridgehead atoms. The van der Waals surface area contributed by atoms with Gasteiger partial charge in [-0.05, 0) is 32.7 Å². The molecule has 0 aromatic carbocycles. The van der Waals surface area contributed by atoms with Gasteiger partial charge in [-0.3, -0.25) is 4.40 Å². The maximum Gasteiger partial charge on any atom is 0.163 e. The van der Waals surface area contributed by atoms with E-state index in [1.807, 2.05) is 23.7 Å². The van der Waals surface area contributed by atoms with Crippen LogP contribution in [-0.4, -0.2) is 32.2 Å². The fourth-order valence-electron chi connectivity index (χ4n) is 2.58. The van der Waals surface area contributed by atoms with E-state index in [1.165, 1.54) is 19.3 Å². The second kappa shape index (κ2) is 5.02. The standard InChI is InChI=1S/C13H19N5/c1-10-8-13-17-16-12(18(13)9-15-10)6-5-11-4-2-3-7-14-11/h8-9,11,14H,2-7H2,1H3. The van der Waals surface area contributed by atoms with Gasteiger partial charge in [0.2, 0.25) is 0 Å². The molecule has 0 aliphatic carbocycles. The minimum atomic E-state index is 0.643. The molecule has 0 saturated carbocycles. The first-order valence-corrected chi connectivity index (χ1v) is 6.72. The number of nitrogens with zero attached hydrogens (tertiary/aromatic N) is 4. The Morgan fingerprint density at radius 2 is 2.33 bits per heavy atom. The van der Waals surface area contributed by atoms with E-state index >= 15 is 0 Å². The Morgan fingerprint density at radius 1 is 1.39 bits per heavy atom. The summed E-state index contributed by atoms with van der Waals surface area (Å²) in [5.41, 5.74) is 1.88. The van der Waals surface area contributed by atoms with E-state index in [0.29, 0.717) is 6.04 Å². The number of hydrogen-bond acceptors (Lipinski definition) is 4. The quantitative estimate of drug-likeness (QED) is 0.890. The Morgan fingerprint density at radius 3 is 3.17 bits per heavy atom. The number of fused-ring (bicyclic) bond motifs is 1. The first-order chi connectivity index (χ1) is 8.83. The zero-order valence-electron chi connectivity index (χ0n) is 10.8. The van der Waals surface area contributed by atoms with Crippen LogP contribution in [0.25, 0.3) is 5.65 Å². The summed E-state index contributed by atoms with van der Waals surface area (Å²) in [4.78, 5) is 4.30. The Bertz CT molecular complexity index is 527. The summed E-state index contributed by atoms with van der Waals surface area (Å²) in [6.07, 6.45) is 7.87.